The highest BCUT2D eigenvalue weighted by molar-refractivity contribution is 5.33. The first-order valence-corrected chi connectivity index (χ1v) is 4.91. The fraction of sp³-hybridized carbons (Fsp3) is 0.600. The molecule has 1 heterocycles. The lowest BCUT2D eigenvalue weighted by atomic mass is 10.1. The molecule has 1 aromatic rings. The van der Waals surface area contributed by atoms with Crippen molar-refractivity contribution in [1.82, 2.24) is 9.97 Å². The second-order valence-electron chi connectivity index (χ2n) is 3.76. The van der Waals surface area contributed by atoms with Gasteiger partial charge in [-0.3, -0.25) is 0 Å². The van der Waals surface area contributed by atoms with Crippen LogP contribution in [0.25, 0.3) is 0 Å². The lowest BCUT2D eigenvalue weighted by Crippen LogP contribution is -2.22. The maximum Gasteiger partial charge on any atom is 0.260 e. The Morgan fingerprint density at radius 3 is 2.60 bits per heavy atom. The molecule has 0 aliphatic heterocycles. The fourth-order valence-corrected chi connectivity index (χ4v) is 1.57. The Hall–Kier alpha value is -1.36. The van der Waals surface area contributed by atoms with Gasteiger partial charge in [0.2, 0.25) is 0 Å². The van der Waals surface area contributed by atoms with Gasteiger partial charge in [0.25, 0.3) is 5.88 Å². The van der Waals surface area contributed by atoms with Crippen LogP contribution in [0, 0.1) is 0 Å². The third-order valence-corrected chi connectivity index (χ3v) is 2.85. The molecule has 1 aliphatic rings. The molecule has 0 saturated heterocycles. The Bertz CT molecular complexity index is 364. The van der Waals surface area contributed by atoms with Crippen molar-refractivity contribution in [3.8, 4) is 11.6 Å². The van der Waals surface area contributed by atoms with E-state index in [9.17, 15) is 0 Å². The zero-order chi connectivity index (χ0) is 10.9. The van der Waals surface area contributed by atoms with Crippen LogP contribution in [0.1, 0.15) is 18.7 Å². The smallest absolute Gasteiger partial charge is 0.260 e. The SMILES string of the molecule is COc1cnc(C2(CN)CC2)nc1OC. The molecule has 0 unspecified atom stereocenters. The summed E-state index contributed by atoms with van der Waals surface area (Å²) in [6, 6.07) is 0. The van der Waals surface area contributed by atoms with E-state index in [4.69, 9.17) is 15.2 Å². The minimum atomic E-state index is -0.0143. The summed E-state index contributed by atoms with van der Waals surface area (Å²) in [5, 5.41) is 0. The Balaban J connectivity index is 2.35. The number of hydrogen-bond donors (Lipinski definition) is 1. The van der Waals surface area contributed by atoms with Gasteiger partial charge in [-0.15, -0.1) is 0 Å². The van der Waals surface area contributed by atoms with Crippen LogP contribution in [0.2, 0.25) is 0 Å². The van der Waals surface area contributed by atoms with Gasteiger partial charge in [-0.05, 0) is 12.8 Å². The molecule has 0 bridgehead atoms. The number of aromatic nitrogens is 2. The highest BCUT2D eigenvalue weighted by Crippen LogP contribution is 2.46. The van der Waals surface area contributed by atoms with E-state index in [1.54, 1.807) is 20.4 Å². The van der Waals surface area contributed by atoms with Gasteiger partial charge >= 0.3 is 0 Å². The summed E-state index contributed by atoms with van der Waals surface area (Å²) in [4.78, 5) is 8.60. The number of nitrogens with two attached hydrogens (primary N) is 1. The molecule has 82 valence electrons. The minimum absolute atomic E-state index is 0.0143. The Kier molecular flexibility index (Phi) is 2.48. The van der Waals surface area contributed by atoms with E-state index >= 15 is 0 Å². The first-order chi connectivity index (χ1) is 7.25. The molecule has 2 rings (SSSR count). The second-order valence-corrected chi connectivity index (χ2v) is 3.76. The van der Waals surface area contributed by atoms with Gasteiger partial charge in [0, 0.05) is 12.0 Å². The summed E-state index contributed by atoms with van der Waals surface area (Å²) >= 11 is 0. The average molecular weight is 209 g/mol. The van der Waals surface area contributed by atoms with E-state index in [2.05, 4.69) is 9.97 Å². The van der Waals surface area contributed by atoms with E-state index in [1.807, 2.05) is 0 Å². The molecule has 1 fully saturated rings. The van der Waals surface area contributed by atoms with Gasteiger partial charge in [0.05, 0.1) is 20.4 Å². The van der Waals surface area contributed by atoms with Crippen molar-refractivity contribution in [2.45, 2.75) is 18.3 Å². The molecule has 1 aliphatic carbocycles. The molecule has 0 atom stereocenters. The van der Waals surface area contributed by atoms with E-state index in [1.165, 1.54) is 0 Å². The highest BCUT2D eigenvalue weighted by atomic mass is 16.5. The standard InChI is InChI=1S/C10H15N3O2/c1-14-7-5-12-9(13-8(7)15-2)10(6-11)3-4-10/h5H,3-4,6,11H2,1-2H3. The van der Waals surface area contributed by atoms with Crippen LogP contribution < -0.4 is 15.2 Å². The molecular formula is C10H15N3O2. The van der Waals surface area contributed by atoms with Crippen molar-refractivity contribution < 1.29 is 9.47 Å². The van der Waals surface area contributed by atoms with E-state index in [0.717, 1.165) is 18.7 Å². The lowest BCUT2D eigenvalue weighted by Gasteiger charge is -2.12. The normalized spacial score (nSPS) is 17.3. The summed E-state index contributed by atoms with van der Waals surface area (Å²) in [6.45, 7) is 0.586. The van der Waals surface area contributed by atoms with E-state index < -0.39 is 0 Å². The number of ether oxygens (including phenoxy) is 2. The highest BCUT2D eigenvalue weighted by Gasteiger charge is 2.46. The van der Waals surface area contributed by atoms with Gasteiger partial charge in [-0.25, -0.2) is 4.98 Å². The summed E-state index contributed by atoms with van der Waals surface area (Å²) in [5.74, 6) is 1.79. The zero-order valence-corrected chi connectivity index (χ0v) is 8.99. The molecule has 5 heteroatoms. The molecule has 15 heavy (non-hydrogen) atoms. The van der Waals surface area contributed by atoms with Crippen molar-refractivity contribution in [2.75, 3.05) is 20.8 Å². The van der Waals surface area contributed by atoms with Crippen molar-refractivity contribution in [2.24, 2.45) is 5.73 Å². The van der Waals surface area contributed by atoms with E-state index in [0.29, 0.717) is 18.2 Å². The van der Waals surface area contributed by atoms with Crippen LogP contribution in [0.4, 0.5) is 0 Å². The second kappa shape index (κ2) is 3.66. The molecular weight excluding hydrogens is 194 g/mol. The summed E-state index contributed by atoms with van der Waals surface area (Å²) < 4.78 is 10.2. The number of rotatable bonds is 4. The molecule has 1 aromatic heterocycles. The van der Waals surface area contributed by atoms with Gasteiger partial charge in [0.15, 0.2) is 5.75 Å². The van der Waals surface area contributed by atoms with Crippen molar-refractivity contribution in [1.29, 1.82) is 0 Å². The van der Waals surface area contributed by atoms with Crippen LogP contribution in [-0.2, 0) is 5.41 Å². The summed E-state index contributed by atoms with van der Waals surface area (Å²) in [6.07, 6.45) is 3.74. The number of nitrogens with zero attached hydrogens (tertiary/aromatic N) is 2. The van der Waals surface area contributed by atoms with Crippen molar-refractivity contribution in [3.63, 3.8) is 0 Å². The molecule has 0 spiro atoms. The Morgan fingerprint density at radius 1 is 1.40 bits per heavy atom. The molecule has 0 amide bonds. The van der Waals surface area contributed by atoms with Crippen LogP contribution in [0.3, 0.4) is 0 Å². The van der Waals surface area contributed by atoms with Crippen LogP contribution >= 0.6 is 0 Å². The van der Waals surface area contributed by atoms with Crippen LogP contribution in [0.5, 0.6) is 11.6 Å². The Labute approximate surface area is 88.6 Å². The topological polar surface area (TPSA) is 70.3 Å². The van der Waals surface area contributed by atoms with Crippen LogP contribution in [0.15, 0.2) is 6.20 Å². The molecule has 1 saturated carbocycles. The van der Waals surface area contributed by atoms with Crippen molar-refractivity contribution >= 4 is 0 Å². The zero-order valence-electron chi connectivity index (χ0n) is 8.99. The molecule has 0 radical (unpaired) electrons. The van der Waals surface area contributed by atoms with Gasteiger partial charge in [-0.1, -0.05) is 0 Å². The van der Waals surface area contributed by atoms with Gasteiger partial charge in [-0.2, -0.15) is 4.98 Å². The third-order valence-electron chi connectivity index (χ3n) is 2.85. The predicted molar refractivity (Wildman–Crippen MR) is 55.1 cm³/mol. The molecule has 2 N–H and O–H groups in total. The monoisotopic (exact) mass is 209 g/mol. The average Bonchev–Trinajstić information content (AvgIpc) is 3.09. The third kappa shape index (κ3) is 1.63. The maximum atomic E-state index is 5.71. The minimum Gasteiger partial charge on any atom is -0.490 e. The first-order valence-electron chi connectivity index (χ1n) is 4.91. The summed E-state index contributed by atoms with van der Waals surface area (Å²) in [5.41, 5.74) is 5.70. The number of methoxy groups -OCH3 is 2. The van der Waals surface area contributed by atoms with Crippen molar-refractivity contribution in [3.05, 3.63) is 12.0 Å². The predicted octanol–water partition coefficient (Wildman–Crippen LogP) is 0.484. The van der Waals surface area contributed by atoms with Gasteiger partial charge < -0.3 is 15.2 Å². The fourth-order valence-electron chi connectivity index (χ4n) is 1.57. The van der Waals surface area contributed by atoms with Crippen LogP contribution in [-0.4, -0.2) is 30.7 Å². The lowest BCUT2D eigenvalue weighted by molar-refractivity contribution is 0.337. The molecule has 0 aromatic carbocycles. The first kappa shape index (κ1) is 10.2. The maximum absolute atomic E-state index is 5.71. The number of hydrogen-bond acceptors (Lipinski definition) is 5. The quantitative estimate of drug-likeness (QED) is 0.781. The largest absolute Gasteiger partial charge is 0.490 e. The summed E-state index contributed by atoms with van der Waals surface area (Å²) in [7, 11) is 3.13. The van der Waals surface area contributed by atoms with Gasteiger partial charge in [0.1, 0.15) is 5.82 Å². The Morgan fingerprint density at radius 2 is 2.13 bits per heavy atom. The van der Waals surface area contributed by atoms with E-state index in [-0.39, 0.29) is 5.41 Å². The molecule has 5 nitrogen and oxygen atoms in total.